The first-order valence-electron chi connectivity index (χ1n) is 5.45. The quantitative estimate of drug-likeness (QED) is 0.320. The molecule has 7 heteroatoms. The Morgan fingerprint density at radius 1 is 1.47 bits per heavy atom. The highest BCUT2D eigenvalue weighted by Gasteiger charge is 2.17. The van der Waals surface area contributed by atoms with E-state index in [4.69, 9.17) is 15.7 Å². The molecule has 0 atom stereocenters. The van der Waals surface area contributed by atoms with Crippen molar-refractivity contribution in [2.45, 2.75) is 6.42 Å². The van der Waals surface area contributed by atoms with Crippen molar-refractivity contribution < 1.29 is 9.94 Å². The lowest BCUT2D eigenvalue weighted by atomic mass is 10.2. The first kappa shape index (κ1) is 11.6. The van der Waals surface area contributed by atoms with Crippen LogP contribution in [0, 0.1) is 0 Å². The van der Waals surface area contributed by atoms with Crippen LogP contribution in [0.3, 0.4) is 0 Å². The Bertz CT molecular complexity index is 401. The van der Waals surface area contributed by atoms with E-state index < -0.39 is 0 Å². The second kappa shape index (κ2) is 5.44. The van der Waals surface area contributed by atoms with Crippen LogP contribution >= 0.6 is 0 Å². The number of amidine groups is 1. The van der Waals surface area contributed by atoms with Crippen molar-refractivity contribution in [2.24, 2.45) is 10.9 Å². The topological polar surface area (TPSA) is 96.9 Å². The summed E-state index contributed by atoms with van der Waals surface area (Å²) in [5, 5.41) is 19.6. The van der Waals surface area contributed by atoms with Gasteiger partial charge < -0.3 is 20.6 Å². The fraction of sp³-hybridized carbons (Fsp3) is 0.500. The molecule has 7 nitrogen and oxygen atoms in total. The highest BCUT2D eigenvalue weighted by molar-refractivity contribution is 6.01. The van der Waals surface area contributed by atoms with E-state index in [1.165, 1.54) is 6.20 Å². The van der Waals surface area contributed by atoms with E-state index in [2.05, 4.69) is 15.4 Å². The van der Waals surface area contributed by atoms with E-state index in [-0.39, 0.29) is 5.84 Å². The standard InChI is InChI=1S/C10H15N5O2/c11-9(14-16)8-2-3-12-13-10(8)15-4-1-6-17-7-5-15/h2-3,16H,1,4-7H2,(H2,11,14). The number of nitrogens with zero attached hydrogens (tertiary/aromatic N) is 4. The Balaban J connectivity index is 2.30. The highest BCUT2D eigenvalue weighted by atomic mass is 16.5. The average Bonchev–Trinajstić information content (AvgIpc) is 2.66. The van der Waals surface area contributed by atoms with Crippen LogP contribution in [0.1, 0.15) is 12.0 Å². The molecule has 1 aliphatic rings. The number of oxime groups is 1. The van der Waals surface area contributed by atoms with Crippen molar-refractivity contribution in [2.75, 3.05) is 31.2 Å². The molecule has 1 fully saturated rings. The largest absolute Gasteiger partial charge is 0.409 e. The predicted octanol–water partition coefficient (Wildman–Crippen LogP) is -0.202. The van der Waals surface area contributed by atoms with E-state index in [1.54, 1.807) is 6.07 Å². The van der Waals surface area contributed by atoms with Gasteiger partial charge in [-0.1, -0.05) is 5.16 Å². The van der Waals surface area contributed by atoms with E-state index >= 15 is 0 Å². The molecule has 0 saturated carbocycles. The molecule has 1 aromatic rings. The zero-order valence-corrected chi connectivity index (χ0v) is 9.41. The Morgan fingerprint density at radius 2 is 2.35 bits per heavy atom. The predicted molar refractivity (Wildman–Crippen MR) is 62.2 cm³/mol. The van der Waals surface area contributed by atoms with Gasteiger partial charge in [-0.05, 0) is 12.5 Å². The summed E-state index contributed by atoms with van der Waals surface area (Å²) in [5.41, 5.74) is 6.20. The smallest absolute Gasteiger partial charge is 0.173 e. The van der Waals surface area contributed by atoms with Gasteiger partial charge in [0.05, 0.1) is 18.4 Å². The number of rotatable bonds is 2. The number of hydrogen-bond acceptors (Lipinski definition) is 6. The zero-order chi connectivity index (χ0) is 12.1. The van der Waals surface area contributed by atoms with Gasteiger partial charge >= 0.3 is 0 Å². The zero-order valence-electron chi connectivity index (χ0n) is 9.41. The molecule has 0 amide bonds. The minimum atomic E-state index is 0.0417. The van der Waals surface area contributed by atoms with Gasteiger partial charge in [0, 0.05) is 19.7 Å². The molecule has 2 rings (SSSR count). The monoisotopic (exact) mass is 237 g/mol. The molecule has 0 bridgehead atoms. The molecule has 1 saturated heterocycles. The lowest BCUT2D eigenvalue weighted by Gasteiger charge is -2.21. The minimum Gasteiger partial charge on any atom is -0.409 e. The van der Waals surface area contributed by atoms with Gasteiger partial charge in [-0.15, -0.1) is 5.10 Å². The number of ether oxygens (including phenoxy) is 1. The summed E-state index contributed by atoms with van der Waals surface area (Å²) >= 11 is 0. The van der Waals surface area contributed by atoms with Crippen LogP contribution in [0.2, 0.25) is 0 Å². The number of anilines is 1. The minimum absolute atomic E-state index is 0.0417. The van der Waals surface area contributed by atoms with Crippen molar-refractivity contribution in [3.63, 3.8) is 0 Å². The number of aromatic nitrogens is 2. The molecule has 0 aromatic carbocycles. The summed E-state index contributed by atoms with van der Waals surface area (Å²) in [5.74, 6) is 0.674. The maximum Gasteiger partial charge on any atom is 0.173 e. The lowest BCUT2D eigenvalue weighted by Crippen LogP contribution is -2.30. The van der Waals surface area contributed by atoms with Gasteiger partial charge in [-0.3, -0.25) is 0 Å². The summed E-state index contributed by atoms with van der Waals surface area (Å²) in [4.78, 5) is 2.04. The van der Waals surface area contributed by atoms with E-state index in [1.807, 2.05) is 4.90 Å². The molecule has 1 aromatic heterocycles. The molecule has 0 radical (unpaired) electrons. The van der Waals surface area contributed by atoms with Crippen LogP contribution in [-0.2, 0) is 4.74 Å². The normalized spacial score (nSPS) is 17.9. The summed E-state index contributed by atoms with van der Waals surface area (Å²) in [7, 11) is 0. The van der Waals surface area contributed by atoms with Crippen LogP contribution in [0.4, 0.5) is 5.82 Å². The van der Waals surface area contributed by atoms with E-state index in [9.17, 15) is 0 Å². The molecule has 17 heavy (non-hydrogen) atoms. The number of nitrogens with two attached hydrogens (primary N) is 1. The lowest BCUT2D eigenvalue weighted by molar-refractivity contribution is 0.152. The summed E-state index contributed by atoms with van der Waals surface area (Å²) in [6.45, 7) is 2.94. The van der Waals surface area contributed by atoms with Crippen LogP contribution in [0.15, 0.2) is 17.4 Å². The third kappa shape index (κ3) is 2.62. The molecular weight excluding hydrogens is 222 g/mol. The average molecular weight is 237 g/mol. The van der Waals surface area contributed by atoms with E-state index in [0.29, 0.717) is 18.0 Å². The van der Waals surface area contributed by atoms with Gasteiger partial charge in [0.15, 0.2) is 11.7 Å². The fourth-order valence-corrected chi connectivity index (χ4v) is 1.77. The molecule has 1 aliphatic heterocycles. The molecule has 3 N–H and O–H groups in total. The summed E-state index contributed by atoms with van der Waals surface area (Å²) in [6.07, 6.45) is 2.44. The van der Waals surface area contributed by atoms with Gasteiger partial charge in [0.25, 0.3) is 0 Å². The Morgan fingerprint density at radius 3 is 3.18 bits per heavy atom. The molecule has 0 unspecified atom stereocenters. The van der Waals surface area contributed by atoms with Crippen LogP contribution in [-0.4, -0.2) is 47.5 Å². The van der Waals surface area contributed by atoms with Crippen molar-refractivity contribution in [1.82, 2.24) is 10.2 Å². The van der Waals surface area contributed by atoms with Crippen LogP contribution < -0.4 is 10.6 Å². The molecular formula is C10H15N5O2. The molecule has 92 valence electrons. The number of hydrogen-bond donors (Lipinski definition) is 2. The molecule has 0 spiro atoms. The summed E-state index contributed by atoms with van der Waals surface area (Å²) < 4.78 is 5.37. The maximum absolute atomic E-state index is 8.74. The second-order valence-electron chi connectivity index (χ2n) is 3.71. The van der Waals surface area contributed by atoms with E-state index in [0.717, 1.165) is 26.1 Å². The van der Waals surface area contributed by atoms with Gasteiger partial charge in [-0.25, -0.2) is 0 Å². The van der Waals surface area contributed by atoms with Crippen molar-refractivity contribution in [3.05, 3.63) is 17.8 Å². The summed E-state index contributed by atoms with van der Waals surface area (Å²) in [6, 6.07) is 1.68. The Hall–Kier alpha value is -1.89. The molecule has 2 heterocycles. The van der Waals surface area contributed by atoms with Crippen molar-refractivity contribution in [3.8, 4) is 0 Å². The Labute approximate surface area is 98.9 Å². The third-order valence-electron chi connectivity index (χ3n) is 2.61. The third-order valence-corrected chi connectivity index (χ3v) is 2.61. The molecule has 0 aliphatic carbocycles. The fourth-order valence-electron chi connectivity index (χ4n) is 1.77. The Kier molecular flexibility index (Phi) is 3.71. The van der Waals surface area contributed by atoms with Crippen molar-refractivity contribution in [1.29, 1.82) is 0 Å². The van der Waals surface area contributed by atoms with Crippen LogP contribution in [0.25, 0.3) is 0 Å². The van der Waals surface area contributed by atoms with Gasteiger partial charge in [0.2, 0.25) is 0 Å². The SMILES string of the molecule is N/C(=N/O)c1ccnnc1N1CCCOCC1. The first-order chi connectivity index (χ1) is 8.33. The van der Waals surface area contributed by atoms with Gasteiger partial charge in [-0.2, -0.15) is 5.10 Å². The van der Waals surface area contributed by atoms with Crippen LogP contribution in [0.5, 0.6) is 0 Å². The van der Waals surface area contributed by atoms with Gasteiger partial charge in [0.1, 0.15) is 0 Å². The van der Waals surface area contributed by atoms with Crippen molar-refractivity contribution >= 4 is 11.7 Å². The highest BCUT2D eigenvalue weighted by Crippen LogP contribution is 2.17. The second-order valence-corrected chi connectivity index (χ2v) is 3.71. The first-order valence-corrected chi connectivity index (χ1v) is 5.45. The maximum atomic E-state index is 8.74.